The molecule has 20 heavy (non-hydrogen) atoms. The maximum Gasteiger partial charge on any atom is 0.417 e. The largest absolute Gasteiger partial charge is 0.417 e. The van der Waals surface area contributed by atoms with Crippen LogP contribution in [0.5, 0.6) is 0 Å². The molecule has 0 aliphatic heterocycles. The van der Waals surface area contributed by atoms with E-state index < -0.39 is 11.7 Å². The molecule has 0 saturated heterocycles. The zero-order valence-electron chi connectivity index (χ0n) is 10.3. The van der Waals surface area contributed by atoms with Gasteiger partial charge in [-0.05, 0) is 18.2 Å². The lowest BCUT2D eigenvalue weighted by molar-refractivity contribution is -0.137. The second-order valence-corrected chi connectivity index (χ2v) is 4.90. The third kappa shape index (κ3) is 3.19. The van der Waals surface area contributed by atoms with Crippen LogP contribution in [0.1, 0.15) is 11.4 Å². The van der Waals surface area contributed by atoms with Crippen molar-refractivity contribution in [3.8, 4) is 0 Å². The molecule has 0 aliphatic rings. The highest BCUT2D eigenvalue weighted by atomic mass is 35.5. The van der Waals surface area contributed by atoms with E-state index in [9.17, 15) is 13.2 Å². The molecule has 0 amide bonds. The van der Waals surface area contributed by atoms with Crippen LogP contribution < -0.4 is 5.32 Å². The predicted octanol–water partition coefficient (Wildman–Crippen LogP) is 4.36. The number of anilines is 1. The molecule has 1 N–H and O–H groups in total. The number of nitrogens with zero attached hydrogens (tertiary/aromatic N) is 2. The van der Waals surface area contributed by atoms with Crippen LogP contribution in [0.3, 0.4) is 0 Å². The number of halogens is 5. The zero-order valence-corrected chi connectivity index (χ0v) is 11.8. The number of aromatic nitrogens is 2. The topological polar surface area (TPSA) is 29.9 Å². The van der Waals surface area contributed by atoms with Crippen molar-refractivity contribution < 1.29 is 13.2 Å². The van der Waals surface area contributed by atoms with Crippen LogP contribution in [0.2, 0.25) is 10.2 Å². The molecule has 0 bridgehead atoms. The summed E-state index contributed by atoms with van der Waals surface area (Å²) in [5, 5.41) is 2.98. The van der Waals surface area contributed by atoms with Gasteiger partial charge in [-0.1, -0.05) is 23.2 Å². The zero-order chi connectivity index (χ0) is 14.9. The molecule has 1 aromatic carbocycles. The van der Waals surface area contributed by atoms with Crippen LogP contribution in [0.15, 0.2) is 24.4 Å². The van der Waals surface area contributed by atoms with E-state index in [1.807, 2.05) is 0 Å². The van der Waals surface area contributed by atoms with Crippen molar-refractivity contribution in [1.29, 1.82) is 0 Å². The fourth-order valence-corrected chi connectivity index (χ4v) is 1.99. The summed E-state index contributed by atoms with van der Waals surface area (Å²) >= 11 is 11.4. The number of hydrogen-bond acceptors (Lipinski definition) is 2. The summed E-state index contributed by atoms with van der Waals surface area (Å²) in [6.45, 7) is 0.252. The number of rotatable bonds is 3. The highest BCUT2D eigenvalue weighted by Gasteiger charge is 2.33. The Morgan fingerprint density at radius 2 is 2.00 bits per heavy atom. The Balaban J connectivity index is 2.17. The number of benzene rings is 1. The SMILES string of the molecule is Cn1c(Cl)cnc1CNc1ccc(Cl)c(C(F)(F)F)c1. The van der Waals surface area contributed by atoms with Gasteiger partial charge in [-0.25, -0.2) is 4.98 Å². The van der Waals surface area contributed by atoms with Crippen LogP contribution in [0.25, 0.3) is 0 Å². The molecule has 0 fully saturated rings. The lowest BCUT2D eigenvalue weighted by atomic mass is 10.2. The van der Waals surface area contributed by atoms with Gasteiger partial charge in [0.25, 0.3) is 0 Å². The van der Waals surface area contributed by atoms with E-state index in [0.29, 0.717) is 16.7 Å². The van der Waals surface area contributed by atoms with E-state index in [2.05, 4.69) is 10.3 Å². The van der Waals surface area contributed by atoms with Gasteiger partial charge in [-0.3, -0.25) is 0 Å². The second kappa shape index (κ2) is 5.54. The Labute approximate surface area is 123 Å². The highest BCUT2D eigenvalue weighted by molar-refractivity contribution is 6.31. The Bertz CT molecular complexity index is 623. The van der Waals surface area contributed by atoms with Crippen LogP contribution in [0, 0.1) is 0 Å². The summed E-state index contributed by atoms with van der Waals surface area (Å²) in [5.74, 6) is 0.610. The molecule has 8 heteroatoms. The van der Waals surface area contributed by atoms with Gasteiger partial charge < -0.3 is 9.88 Å². The van der Waals surface area contributed by atoms with Crippen molar-refractivity contribution in [2.75, 3.05) is 5.32 Å². The summed E-state index contributed by atoms with van der Waals surface area (Å²) < 4.78 is 39.8. The van der Waals surface area contributed by atoms with E-state index >= 15 is 0 Å². The fourth-order valence-electron chi connectivity index (χ4n) is 1.62. The summed E-state index contributed by atoms with van der Waals surface area (Å²) in [5.41, 5.74) is -0.567. The Hall–Kier alpha value is -1.40. The smallest absolute Gasteiger partial charge is 0.378 e. The van der Waals surface area contributed by atoms with Crippen molar-refractivity contribution in [2.24, 2.45) is 7.05 Å². The molecule has 0 spiro atoms. The molecule has 1 heterocycles. The van der Waals surface area contributed by atoms with Gasteiger partial charge in [-0.2, -0.15) is 13.2 Å². The Morgan fingerprint density at radius 1 is 1.30 bits per heavy atom. The van der Waals surface area contributed by atoms with Gasteiger partial charge in [-0.15, -0.1) is 0 Å². The molecule has 1 aromatic heterocycles. The molecule has 0 unspecified atom stereocenters. The molecular weight excluding hydrogens is 314 g/mol. The molecule has 0 aliphatic carbocycles. The van der Waals surface area contributed by atoms with E-state index in [0.717, 1.165) is 6.07 Å². The average Bonchev–Trinajstić information content (AvgIpc) is 2.68. The lowest BCUT2D eigenvalue weighted by Gasteiger charge is -2.12. The van der Waals surface area contributed by atoms with Crippen LogP contribution in [-0.2, 0) is 19.8 Å². The summed E-state index contributed by atoms with van der Waals surface area (Å²) in [7, 11) is 1.72. The summed E-state index contributed by atoms with van der Waals surface area (Å²) in [6.07, 6.45) is -3.01. The first-order chi connectivity index (χ1) is 9.29. The quantitative estimate of drug-likeness (QED) is 0.909. The third-order valence-corrected chi connectivity index (χ3v) is 3.43. The van der Waals surface area contributed by atoms with E-state index in [1.165, 1.54) is 18.3 Å². The van der Waals surface area contributed by atoms with E-state index in [4.69, 9.17) is 23.2 Å². The minimum atomic E-state index is -4.48. The molecule has 2 rings (SSSR count). The number of alkyl halides is 3. The first-order valence-electron chi connectivity index (χ1n) is 5.55. The molecule has 3 nitrogen and oxygen atoms in total. The first-order valence-corrected chi connectivity index (χ1v) is 6.31. The van der Waals surface area contributed by atoms with Gasteiger partial charge in [0.1, 0.15) is 11.0 Å². The van der Waals surface area contributed by atoms with Crippen molar-refractivity contribution in [1.82, 2.24) is 9.55 Å². The second-order valence-electron chi connectivity index (χ2n) is 4.10. The maximum atomic E-state index is 12.7. The van der Waals surface area contributed by atoms with Crippen LogP contribution in [0.4, 0.5) is 18.9 Å². The maximum absolute atomic E-state index is 12.7. The van der Waals surface area contributed by atoms with Gasteiger partial charge >= 0.3 is 6.18 Å². The van der Waals surface area contributed by atoms with Crippen LogP contribution in [-0.4, -0.2) is 9.55 Å². The number of hydrogen-bond donors (Lipinski definition) is 1. The van der Waals surface area contributed by atoms with Crippen LogP contribution >= 0.6 is 23.2 Å². The average molecular weight is 324 g/mol. The van der Waals surface area contributed by atoms with Crippen molar-refractivity contribution in [2.45, 2.75) is 12.7 Å². The Kier molecular flexibility index (Phi) is 4.15. The minimum Gasteiger partial charge on any atom is -0.378 e. The number of imidazole rings is 1. The fraction of sp³-hybridized carbons (Fsp3) is 0.250. The summed E-state index contributed by atoms with van der Waals surface area (Å²) in [4.78, 5) is 4.04. The third-order valence-electron chi connectivity index (χ3n) is 2.75. The lowest BCUT2D eigenvalue weighted by Crippen LogP contribution is -2.09. The molecule has 0 atom stereocenters. The molecule has 2 aromatic rings. The Morgan fingerprint density at radius 3 is 2.55 bits per heavy atom. The van der Waals surface area contributed by atoms with Crippen molar-refractivity contribution >= 4 is 28.9 Å². The highest BCUT2D eigenvalue weighted by Crippen LogP contribution is 2.36. The first kappa shape index (κ1) is 15.0. The standard InChI is InChI=1S/C12H10Cl2F3N3/c1-20-10(14)5-19-11(20)6-18-7-2-3-9(13)8(4-7)12(15,16)17/h2-5,18H,6H2,1H3. The van der Waals surface area contributed by atoms with Gasteiger partial charge in [0.15, 0.2) is 0 Å². The molecule has 0 radical (unpaired) electrons. The summed E-state index contributed by atoms with van der Waals surface area (Å²) in [6, 6.07) is 3.65. The van der Waals surface area contributed by atoms with Gasteiger partial charge in [0.05, 0.1) is 23.3 Å². The predicted molar refractivity (Wildman–Crippen MR) is 72.0 cm³/mol. The normalized spacial score (nSPS) is 11.7. The molecule has 0 saturated carbocycles. The molecular formula is C12H10Cl2F3N3. The molecule has 108 valence electrons. The minimum absolute atomic E-state index is 0.252. The van der Waals surface area contributed by atoms with Gasteiger partial charge in [0, 0.05) is 12.7 Å². The van der Waals surface area contributed by atoms with Crippen molar-refractivity contribution in [3.05, 3.63) is 46.0 Å². The number of nitrogens with one attached hydrogen (secondary N) is 1. The monoisotopic (exact) mass is 323 g/mol. The van der Waals surface area contributed by atoms with E-state index in [-0.39, 0.29) is 11.6 Å². The van der Waals surface area contributed by atoms with Crippen molar-refractivity contribution in [3.63, 3.8) is 0 Å². The van der Waals surface area contributed by atoms with Gasteiger partial charge in [0.2, 0.25) is 0 Å². The van der Waals surface area contributed by atoms with E-state index in [1.54, 1.807) is 11.6 Å².